The van der Waals surface area contributed by atoms with Crippen LogP contribution in [0.15, 0.2) is 47.3 Å². The van der Waals surface area contributed by atoms with Crippen LogP contribution in [0, 0.1) is 17.7 Å². The van der Waals surface area contributed by atoms with Crippen LogP contribution in [0.4, 0.5) is 21.5 Å². The number of aromatic nitrogens is 2. The highest BCUT2D eigenvalue weighted by atomic mass is 32.2. The predicted molar refractivity (Wildman–Crippen MR) is 181 cm³/mol. The number of halogens is 1. The lowest BCUT2D eigenvalue weighted by Crippen LogP contribution is -2.44. The third-order valence-corrected chi connectivity index (χ3v) is 11.4. The fourth-order valence-electron chi connectivity index (χ4n) is 7.20. The van der Waals surface area contributed by atoms with Crippen molar-refractivity contribution in [2.75, 3.05) is 34.2 Å². The highest BCUT2D eigenvalue weighted by Crippen LogP contribution is 2.39. The Morgan fingerprint density at radius 2 is 1.74 bits per heavy atom. The second kappa shape index (κ2) is 12.2. The highest BCUT2D eigenvalue weighted by molar-refractivity contribution is 7.92. The first-order valence-corrected chi connectivity index (χ1v) is 17.6. The van der Waals surface area contributed by atoms with E-state index in [1.807, 2.05) is 25.1 Å². The number of benzene rings is 3. The average molecular weight is 708 g/mol. The van der Waals surface area contributed by atoms with Crippen molar-refractivity contribution < 1.29 is 37.1 Å². The highest BCUT2D eigenvalue weighted by Gasteiger charge is 2.38. The van der Waals surface area contributed by atoms with Crippen LogP contribution in [0.5, 0.6) is 5.75 Å². The van der Waals surface area contributed by atoms with Gasteiger partial charge in [-0.25, -0.2) is 18.2 Å². The number of carbonyl (C=O) groups excluding carboxylic acids is 4. The van der Waals surface area contributed by atoms with Crippen LogP contribution in [-0.2, 0) is 36.4 Å². The lowest BCUT2D eigenvalue weighted by molar-refractivity contribution is -0.135. The number of fused-ring (bicyclic) bond motifs is 2. The number of phenolic OH excluding ortho intramolecular Hbond substituents is 1. The van der Waals surface area contributed by atoms with Gasteiger partial charge in [0.1, 0.15) is 24.0 Å². The zero-order valence-electron chi connectivity index (χ0n) is 27.1. The number of nitrogens with one attached hydrogen (secondary N) is 3. The zero-order chi connectivity index (χ0) is 35.6. The summed E-state index contributed by atoms with van der Waals surface area (Å²) in [6, 6.07) is 10.4. The Labute approximate surface area is 284 Å². The quantitative estimate of drug-likeness (QED) is 0.217. The van der Waals surface area contributed by atoms with Gasteiger partial charge in [-0.1, -0.05) is 6.92 Å². The number of carbonyl (C=O) groups is 4. The van der Waals surface area contributed by atoms with Crippen molar-refractivity contribution in [3.8, 4) is 5.75 Å². The maximum Gasteiger partial charge on any atom is 0.329 e. The van der Waals surface area contributed by atoms with E-state index in [1.165, 1.54) is 33.4 Å². The maximum atomic E-state index is 15.5. The molecule has 0 saturated carbocycles. The Morgan fingerprint density at radius 1 is 1.00 bits per heavy atom. The largest absolute Gasteiger partial charge is 0.506 e. The van der Waals surface area contributed by atoms with Gasteiger partial charge in [-0.15, -0.1) is 0 Å². The van der Waals surface area contributed by atoms with E-state index in [1.54, 1.807) is 11.8 Å². The molecule has 0 aliphatic carbocycles. The summed E-state index contributed by atoms with van der Waals surface area (Å²) >= 11 is 0. The van der Waals surface area contributed by atoms with Gasteiger partial charge in [-0.05, 0) is 73.0 Å². The zero-order valence-corrected chi connectivity index (χ0v) is 27.9. The van der Waals surface area contributed by atoms with Crippen molar-refractivity contribution in [3.63, 3.8) is 0 Å². The molecule has 3 saturated heterocycles. The molecular formula is C33H34FN7O8S. The summed E-state index contributed by atoms with van der Waals surface area (Å²) in [7, 11) is -2.70. The average Bonchev–Trinajstić information content (AvgIpc) is 3.49. The van der Waals surface area contributed by atoms with E-state index >= 15 is 4.39 Å². The Hall–Kier alpha value is -5.45. The third-order valence-electron chi connectivity index (χ3n) is 9.99. The first kappa shape index (κ1) is 33.1. The van der Waals surface area contributed by atoms with Crippen LogP contribution in [0.2, 0.25) is 0 Å². The van der Waals surface area contributed by atoms with E-state index in [0.29, 0.717) is 34.1 Å². The maximum absolute atomic E-state index is 15.5. The smallest absolute Gasteiger partial charge is 0.329 e. The minimum absolute atomic E-state index is 0.00318. The molecule has 262 valence electrons. The molecule has 0 radical (unpaired) electrons. The van der Waals surface area contributed by atoms with Gasteiger partial charge in [0.25, 0.3) is 5.91 Å². The molecule has 3 fully saturated rings. The second-order valence-corrected chi connectivity index (χ2v) is 14.6. The lowest BCUT2D eigenvalue weighted by atomic mass is 9.84. The minimum atomic E-state index is -4.35. The number of aromatic hydroxyl groups is 1. The van der Waals surface area contributed by atoms with Gasteiger partial charge in [0.15, 0.2) is 5.82 Å². The fourth-order valence-corrected chi connectivity index (χ4v) is 8.37. The summed E-state index contributed by atoms with van der Waals surface area (Å²) in [5, 5.41) is 15.9. The lowest BCUT2D eigenvalue weighted by Gasteiger charge is -2.36. The van der Waals surface area contributed by atoms with Gasteiger partial charge < -0.3 is 15.3 Å². The first-order valence-electron chi connectivity index (χ1n) is 16.1. The topological polar surface area (TPSA) is 192 Å². The summed E-state index contributed by atoms with van der Waals surface area (Å²) in [6.45, 7) is 2.51. The third kappa shape index (κ3) is 5.60. The summed E-state index contributed by atoms with van der Waals surface area (Å²) in [6.07, 6.45) is 1.86. The first-order chi connectivity index (χ1) is 23.7. The molecule has 15 nitrogen and oxygen atoms in total. The Bertz CT molecular complexity index is 2290. The van der Waals surface area contributed by atoms with Gasteiger partial charge in [0.05, 0.1) is 11.0 Å². The number of imide groups is 1. The van der Waals surface area contributed by atoms with Crippen molar-refractivity contribution in [3.05, 3.63) is 58.8 Å². The number of hydrogen-bond donors (Lipinski definition) is 4. The summed E-state index contributed by atoms with van der Waals surface area (Å²) in [5.74, 6) is -3.92. The number of piperidine rings is 2. The van der Waals surface area contributed by atoms with Gasteiger partial charge in [0, 0.05) is 49.2 Å². The standard InChI is InChI=1S/C33H34FN7O8S/c1-17(31(45)35-20-3-5-22-19(13-20)14-26(42)30(29(22)34)40-16-28(44)37-50(40,48)49)18-9-11-39(12-10-18)21-4-6-23-25(15-21)38(2)33(47)41(23)24-7-8-27(43)36-32(24)46/h3-6,13-15,17-18,24,42H,7-12,16H2,1-2H3,(H,35,45)(H,37,44)(H,36,43,46)/t17-,24?/m1/s1. The molecule has 4 aromatic rings. The second-order valence-electron chi connectivity index (χ2n) is 13.0. The SMILES string of the molecule is C[C@@H](C(=O)Nc1ccc2c(F)c(N3CC(=O)NS3(=O)=O)c(O)cc2c1)C1CCN(c2ccc3c(c2)n(C)c(=O)n3C2CCC(=O)NC2=O)CC1. The van der Waals surface area contributed by atoms with E-state index in [-0.39, 0.29) is 53.0 Å². The number of anilines is 3. The van der Waals surface area contributed by atoms with E-state index in [9.17, 15) is 37.5 Å². The number of nitrogens with zero attached hydrogens (tertiary/aromatic N) is 4. The molecule has 50 heavy (non-hydrogen) atoms. The molecule has 4 N–H and O–H groups in total. The number of aryl methyl sites for hydroxylation is 1. The summed E-state index contributed by atoms with van der Waals surface area (Å²) in [4.78, 5) is 64.5. The molecule has 7 rings (SSSR count). The molecule has 4 heterocycles. The predicted octanol–water partition coefficient (Wildman–Crippen LogP) is 1.99. The van der Waals surface area contributed by atoms with Crippen LogP contribution in [0.3, 0.4) is 0 Å². The van der Waals surface area contributed by atoms with Crippen LogP contribution in [0.25, 0.3) is 21.8 Å². The van der Waals surface area contributed by atoms with Crippen molar-refractivity contribution in [2.24, 2.45) is 18.9 Å². The van der Waals surface area contributed by atoms with Crippen LogP contribution >= 0.6 is 0 Å². The van der Waals surface area contributed by atoms with Crippen molar-refractivity contribution in [2.45, 2.75) is 38.6 Å². The van der Waals surface area contributed by atoms with Crippen molar-refractivity contribution in [1.29, 1.82) is 0 Å². The number of hydrogen-bond acceptors (Lipinski definition) is 9. The molecule has 2 atom stereocenters. The van der Waals surface area contributed by atoms with Gasteiger partial charge in [0.2, 0.25) is 17.7 Å². The van der Waals surface area contributed by atoms with Crippen LogP contribution in [0.1, 0.15) is 38.6 Å². The normalized spacial score (nSPS) is 20.3. The molecular weight excluding hydrogens is 673 g/mol. The molecule has 0 bridgehead atoms. The van der Waals surface area contributed by atoms with E-state index in [2.05, 4.69) is 15.5 Å². The number of amides is 4. The molecule has 3 aliphatic rings. The van der Waals surface area contributed by atoms with Gasteiger partial charge in [-0.2, -0.15) is 8.42 Å². The van der Waals surface area contributed by atoms with E-state index in [0.717, 1.165) is 18.5 Å². The van der Waals surface area contributed by atoms with Crippen molar-refractivity contribution >= 4 is 72.7 Å². The Kier molecular flexibility index (Phi) is 8.04. The van der Waals surface area contributed by atoms with E-state index in [4.69, 9.17) is 0 Å². The van der Waals surface area contributed by atoms with Crippen LogP contribution in [-0.4, -0.2) is 65.9 Å². The molecule has 1 aromatic heterocycles. The summed E-state index contributed by atoms with van der Waals surface area (Å²) in [5.41, 5.74) is 1.57. The van der Waals surface area contributed by atoms with Gasteiger partial charge >= 0.3 is 15.9 Å². The molecule has 3 aliphatic heterocycles. The fraction of sp³-hybridized carbons (Fsp3) is 0.364. The molecule has 3 aromatic carbocycles. The Balaban J connectivity index is 1.02. The molecule has 4 amide bonds. The monoisotopic (exact) mass is 707 g/mol. The van der Waals surface area contributed by atoms with Crippen LogP contribution < -0.4 is 30.3 Å². The molecule has 17 heteroatoms. The summed E-state index contributed by atoms with van der Waals surface area (Å²) < 4.78 is 45.1. The van der Waals surface area contributed by atoms with Crippen molar-refractivity contribution in [1.82, 2.24) is 19.2 Å². The number of imidazole rings is 1. The number of phenols is 1. The van der Waals surface area contributed by atoms with E-state index < -0.39 is 51.9 Å². The number of rotatable bonds is 6. The molecule has 0 spiro atoms. The van der Waals surface area contributed by atoms with Gasteiger partial charge in [-0.3, -0.25) is 33.6 Å². The minimum Gasteiger partial charge on any atom is -0.506 e. The Morgan fingerprint density at radius 3 is 2.42 bits per heavy atom. The molecule has 1 unspecified atom stereocenters.